The molecule has 0 radical (unpaired) electrons. The summed E-state index contributed by atoms with van der Waals surface area (Å²) >= 11 is 8.81. The Morgan fingerprint density at radius 2 is 1.58 bits per heavy atom. The van der Waals surface area contributed by atoms with Crippen molar-refractivity contribution >= 4 is 43.1 Å². The van der Waals surface area contributed by atoms with E-state index >= 15 is 0 Å². The molecule has 68 valence electrons. The van der Waals surface area contributed by atoms with Crippen molar-refractivity contribution < 1.29 is 9.46 Å². The maximum atomic E-state index is 9.30. The molecule has 1 atom stereocenters. The van der Waals surface area contributed by atoms with E-state index in [1.165, 1.54) is 5.30 Å². The minimum Gasteiger partial charge on any atom is -0.322 e. The van der Waals surface area contributed by atoms with E-state index < -0.39 is 6.07 Å². The molecule has 1 aromatic carbocycles. The fraction of sp³-hybridized carbons (Fsp3) is 0. The van der Waals surface area contributed by atoms with Gasteiger partial charge in [-0.2, -0.15) is 0 Å². The molecule has 0 aromatic heterocycles. The highest BCUT2D eigenvalue weighted by Gasteiger charge is 2.02. The summed E-state index contributed by atoms with van der Waals surface area (Å²) in [5, 5.41) is 1.24. The standard InChI is InChI=1S/C6H7P.Cl2HO2P/c7-6-4-2-1-3-5-6;1-5(2,3)4/h1-5H,7H2;(H,3,4). The van der Waals surface area contributed by atoms with E-state index in [9.17, 15) is 4.57 Å². The lowest BCUT2D eigenvalue weighted by Gasteiger charge is -1.82. The monoisotopic (exact) mass is 244 g/mol. The number of hydrogen-bond acceptors (Lipinski definition) is 1. The summed E-state index contributed by atoms with van der Waals surface area (Å²) in [5.41, 5.74) is 0. The zero-order chi connectivity index (χ0) is 9.61. The van der Waals surface area contributed by atoms with Crippen LogP contribution in [-0.4, -0.2) is 4.89 Å². The van der Waals surface area contributed by atoms with Crippen molar-refractivity contribution in [3.8, 4) is 0 Å². The predicted octanol–water partition coefficient (Wildman–Crippen LogP) is 2.75. The Balaban J connectivity index is 0.000000217. The molecule has 0 aliphatic carbocycles. The fourth-order valence-electron chi connectivity index (χ4n) is 0.453. The van der Waals surface area contributed by atoms with Crippen molar-refractivity contribution in [2.24, 2.45) is 0 Å². The lowest BCUT2D eigenvalue weighted by atomic mass is 10.4. The van der Waals surface area contributed by atoms with Crippen molar-refractivity contribution in [3.63, 3.8) is 0 Å². The molecule has 0 saturated heterocycles. The normalized spacial score (nSPS) is 10.0. The Labute approximate surface area is 83.1 Å². The van der Waals surface area contributed by atoms with E-state index in [2.05, 4.69) is 31.7 Å². The van der Waals surface area contributed by atoms with Gasteiger partial charge in [-0.05, 0) is 27.8 Å². The Morgan fingerprint density at radius 1 is 1.25 bits per heavy atom. The third-order valence-corrected chi connectivity index (χ3v) is 1.18. The van der Waals surface area contributed by atoms with Gasteiger partial charge in [-0.15, -0.1) is 9.24 Å². The van der Waals surface area contributed by atoms with Crippen LogP contribution in [0.5, 0.6) is 0 Å². The van der Waals surface area contributed by atoms with Crippen LogP contribution in [0.1, 0.15) is 0 Å². The number of rotatable bonds is 0. The van der Waals surface area contributed by atoms with Crippen LogP contribution in [0.25, 0.3) is 0 Å². The number of benzene rings is 1. The highest BCUT2D eigenvalue weighted by molar-refractivity contribution is 8.04. The molecule has 1 rings (SSSR count). The zero-order valence-electron chi connectivity index (χ0n) is 6.02. The van der Waals surface area contributed by atoms with Gasteiger partial charge in [-0.3, -0.25) is 4.57 Å². The van der Waals surface area contributed by atoms with E-state index in [4.69, 9.17) is 4.89 Å². The summed E-state index contributed by atoms with van der Waals surface area (Å²) in [6.07, 6.45) is -3.69. The van der Waals surface area contributed by atoms with Crippen LogP contribution < -0.4 is 5.30 Å². The molecule has 0 aliphatic heterocycles. The first kappa shape index (κ1) is 12.4. The molecular weight excluding hydrogens is 237 g/mol. The quantitative estimate of drug-likeness (QED) is 0.713. The largest absolute Gasteiger partial charge is 0.377 e. The Bertz CT molecular complexity index is 251. The topological polar surface area (TPSA) is 37.3 Å². The molecule has 0 aliphatic rings. The molecule has 1 N–H and O–H groups in total. The predicted molar refractivity (Wildman–Crippen MR) is 57.3 cm³/mol. The molecule has 0 bridgehead atoms. The summed E-state index contributed by atoms with van der Waals surface area (Å²) < 4.78 is 9.30. The van der Waals surface area contributed by atoms with Gasteiger partial charge in [0.15, 0.2) is 0 Å². The third kappa shape index (κ3) is 13.0. The van der Waals surface area contributed by atoms with Crippen molar-refractivity contribution in [3.05, 3.63) is 30.3 Å². The maximum Gasteiger partial charge on any atom is 0.377 e. The highest BCUT2D eigenvalue weighted by Crippen LogP contribution is 2.51. The lowest BCUT2D eigenvalue weighted by Crippen LogP contribution is -1.82. The minimum absolute atomic E-state index is 1.24. The van der Waals surface area contributed by atoms with Gasteiger partial charge >= 0.3 is 6.07 Å². The van der Waals surface area contributed by atoms with Crippen LogP contribution in [0.3, 0.4) is 0 Å². The van der Waals surface area contributed by atoms with Crippen LogP contribution in [-0.2, 0) is 4.57 Å². The Kier molecular flexibility index (Phi) is 6.17. The van der Waals surface area contributed by atoms with E-state index in [1.807, 2.05) is 30.3 Å². The number of hydrogen-bond donors (Lipinski definition) is 1. The second kappa shape index (κ2) is 5.96. The van der Waals surface area contributed by atoms with Crippen molar-refractivity contribution in [1.29, 1.82) is 0 Å². The SMILES string of the molecule is O=P(O)(Cl)Cl.Pc1ccccc1. The number of halogens is 2. The molecule has 0 fully saturated rings. The second-order valence-electron chi connectivity index (χ2n) is 1.85. The van der Waals surface area contributed by atoms with Crippen molar-refractivity contribution in [1.82, 2.24) is 0 Å². The van der Waals surface area contributed by atoms with Crippen LogP contribution in [0, 0.1) is 0 Å². The first-order chi connectivity index (χ1) is 5.39. The second-order valence-corrected chi connectivity index (χ2v) is 6.65. The van der Waals surface area contributed by atoms with Gasteiger partial charge in [0.1, 0.15) is 0 Å². The van der Waals surface area contributed by atoms with Crippen LogP contribution in [0.2, 0.25) is 0 Å². The molecule has 1 aromatic rings. The summed E-state index contributed by atoms with van der Waals surface area (Å²) in [7, 11) is 2.63. The van der Waals surface area contributed by atoms with Crippen LogP contribution in [0.4, 0.5) is 0 Å². The van der Waals surface area contributed by atoms with E-state index in [0.717, 1.165) is 0 Å². The summed E-state index contributed by atoms with van der Waals surface area (Å²) in [6.45, 7) is 0. The molecule has 0 spiro atoms. The van der Waals surface area contributed by atoms with Gasteiger partial charge in [0.25, 0.3) is 0 Å². The van der Waals surface area contributed by atoms with Gasteiger partial charge in [0.05, 0.1) is 0 Å². The summed E-state index contributed by atoms with van der Waals surface area (Å²) in [6, 6.07) is 10.1. The van der Waals surface area contributed by atoms with E-state index in [0.29, 0.717) is 0 Å². The first-order valence-corrected chi connectivity index (χ1v) is 6.97. The smallest absolute Gasteiger partial charge is 0.322 e. The first-order valence-electron chi connectivity index (χ1n) is 2.92. The van der Waals surface area contributed by atoms with Gasteiger partial charge in [-0.1, -0.05) is 30.3 Å². The minimum atomic E-state index is -3.69. The van der Waals surface area contributed by atoms with Crippen LogP contribution >= 0.6 is 37.8 Å². The third-order valence-electron chi connectivity index (χ3n) is 0.800. The Morgan fingerprint density at radius 3 is 1.75 bits per heavy atom. The molecule has 12 heavy (non-hydrogen) atoms. The molecule has 0 amide bonds. The molecule has 1 unspecified atom stereocenters. The van der Waals surface area contributed by atoms with E-state index in [-0.39, 0.29) is 0 Å². The lowest BCUT2D eigenvalue weighted by molar-refractivity contribution is 0.512. The van der Waals surface area contributed by atoms with Gasteiger partial charge in [0.2, 0.25) is 0 Å². The van der Waals surface area contributed by atoms with Crippen LogP contribution in [0.15, 0.2) is 30.3 Å². The van der Waals surface area contributed by atoms with Crippen molar-refractivity contribution in [2.75, 3.05) is 0 Å². The average molecular weight is 245 g/mol. The molecule has 0 heterocycles. The molecule has 2 nitrogen and oxygen atoms in total. The molecule has 6 heteroatoms. The molecule has 0 saturated carbocycles. The van der Waals surface area contributed by atoms with Gasteiger partial charge in [-0.25, -0.2) is 0 Å². The van der Waals surface area contributed by atoms with Gasteiger partial charge < -0.3 is 4.89 Å². The fourth-order valence-corrected chi connectivity index (χ4v) is 0.675. The summed E-state index contributed by atoms with van der Waals surface area (Å²) in [5.74, 6) is 0. The van der Waals surface area contributed by atoms with Crippen molar-refractivity contribution in [2.45, 2.75) is 0 Å². The molecular formula is C6H8Cl2O2P2. The highest BCUT2D eigenvalue weighted by atomic mass is 35.9. The zero-order valence-corrected chi connectivity index (χ0v) is 9.58. The maximum absolute atomic E-state index is 9.30. The summed E-state index contributed by atoms with van der Waals surface area (Å²) in [4.78, 5) is 7.61. The van der Waals surface area contributed by atoms with E-state index in [1.54, 1.807) is 0 Å². The van der Waals surface area contributed by atoms with Gasteiger partial charge in [0, 0.05) is 0 Å². The average Bonchev–Trinajstić information content (AvgIpc) is 1.85. The Hall–Kier alpha value is 0.420.